The van der Waals surface area contributed by atoms with E-state index in [1.54, 1.807) is 0 Å². The lowest BCUT2D eigenvalue weighted by atomic mass is 10.1. The molecule has 0 N–H and O–H groups in total. The Kier molecular flexibility index (Phi) is 3.72. The molecule has 0 atom stereocenters. The summed E-state index contributed by atoms with van der Waals surface area (Å²) >= 11 is 0. The van der Waals surface area contributed by atoms with Gasteiger partial charge in [-0.15, -0.1) is 0 Å². The van der Waals surface area contributed by atoms with E-state index < -0.39 is 39.3 Å². The molecular weight excluding hydrogens is 236 g/mol. The third kappa shape index (κ3) is 2.38. The molecule has 0 saturated carbocycles. The zero-order valence-corrected chi connectivity index (χ0v) is 9.12. The highest BCUT2D eigenvalue weighted by molar-refractivity contribution is 5.90. The van der Waals surface area contributed by atoms with Gasteiger partial charge < -0.3 is 4.74 Å². The van der Waals surface area contributed by atoms with Crippen molar-refractivity contribution in [3.05, 3.63) is 38.9 Å². The van der Waals surface area contributed by atoms with Crippen LogP contribution >= 0.6 is 0 Å². The second kappa shape index (κ2) is 4.86. The van der Waals surface area contributed by atoms with E-state index in [1.807, 2.05) is 0 Å². The normalized spacial score (nSPS) is 10.1. The number of hydrogen-bond donors (Lipinski definition) is 0. The topological polar surface area (TPSA) is 69.4 Å². The van der Waals surface area contributed by atoms with Crippen LogP contribution in [-0.4, -0.2) is 17.5 Å². The number of benzene rings is 1. The molecule has 0 aliphatic carbocycles. The summed E-state index contributed by atoms with van der Waals surface area (Å²) < 4.78 is 31.3. The number of esters is 1. The van der Waals surface area contributed by atoms with Crippen molar-refractivity contribution in [1.82, 2.24) is 0 Å². The van der Waals surface area contributed by atoms with Gasteiger partial charge in [0.05, 0.1) is 11.5 Å². The molecule has 5 nitrogen and oxygen atoms in total. The van der Waals surface area contributed by atoms with Crippen LogP contribution in [0.5, 0.6) is 0 Å². The first kappa shape index (κ1) is 13.0. The van der Waals surface area contributed by atoms with Crippen LogP contribution in [0, 0.1) is 28.7 Å². The van der Waals surface area contributed by atoms with Gasteiger partial charge in [0.2, 0.25) is 5.82 Å². The van der Waals surface area contributed by atoms with Crippen molar-refractivity contribution < 1.29 is 23.2 Å². The van der Waals surface area contributed by atoms with Gasteiger partial charge in [0, 0.05) is 11.6 Å². The Labute approximate surface area is 95.2 Å². The highest BCUT2D eigenvalue weighted by Gasteiger charge is 2.26. The standard InChI is InChI=1S/C10H9F2NO4/c1-3-17-10(14)6-4-7(13(15)16)9(12)5(2)8(6)11/h4H,3H2,1-2H3. The van der Waals surface area contributed by atoms with Gasteiger partial charge in [-0.2, -0.15) is 4.39 Å². The molecule has 0 heterocycles. The molecule has 0 aliphatic rings. The predicted octanol–water partition coefficient (Wildman–Crippen LogP) is 2.36. The molecule has 0 radical (unpaired) electrons. The third-order valence-corrected chi connectivity index (χ3v) is 2.09. The Balaban J connectivity index is 3.42. The van der Waals surface area contributed by atoms with Crippen molar-refractivity contribution in [2.24, 2.45) is 0 Å². The monoisotopic (exact) mass is 245 g/mol. The molecule has 0 spiro atoms. The Bertz CT molecular complexity index is 488. The highest BCUT2D eigenvalue weighted by atomic mass is 19.1. The number of rotatable bonds is 3. The lowest BCUT2D eigenvalue weighted by Gasteiger charge is -2.06. The summed E-state index contributed by atoms with van der Waals surface area (Å²) in [5.74, 6) is -3.50. The zero-order chi connectivity index (χ0) is 13.2. The SMILES string of the molecule is CCOC(=O)c1cc([N+](=O)[O-])c(F)c(C)c1F. The largest absolute Gasteiger partial charge is 0.462 e. The summed E-state index contributed by atoms with van der Waals surface area (Å²) in [5.41, 5.74) is -2.17. The van der Waals surface area contributed by atoms with Gasteiger partial charge in [0.1, 0.15) is 11.4 Å². The molecule has 7 heteroatoms. The quantitative estimate of drug-likeness (QED) is 0.465. The van der Waals surface area contributed by atoms with Gasteiger partial charge in [-0.1, -0.05) is 0 Å². The van der Waals surface area contributed by atoms with E-state index in [2.05, 4.69) is 4.74 Å². The second-order valence-electron chi connectivity index (χ2n) is 3.17. The fourth-order valence-corrected chi connectivity index (χ4v) is 1.24. The summed E-state index contributed by atoms with van der Waals surface area (Å²) in [5, 5.41) is 10.5. The molecule has 0 amide bonds. The number of nitrogens with zero attached hydrogens (tertiary/aromatic N) is 1. The Morgan fingerprint density at radius 1 is 1.47 bits per heavy atom. The van der Waals surface area contributed by atoms with Crippen molar-refractivity contribution in [1.29, 1.82) is 0 Å². The van der Waals surface area contributed by atoms with Gasteiger partial charge in [0.15, 0.2) is 0 Å². The van der Waals surface area contributed by atoms with Gasteiger partial charge in [0.25, 0.3) is 0 Å². The lowest BCUT2D eigenvalue weighted by Crippen LogP contribution is -2.11. The molecule has 17 heavy (non-hydrogen) atoms. The summed E-state index contributed by atoms with van der Waals surface area (Å²) in [6.07, 6.45) is 0. The first-order chi connectivity index (χ1) is 7.90. The highest BCUT2D eigenvalue weighted by Crippen LogP contribution is 2.26. The van der Waals surface area contributed by atoms with E-state index in [0.717, 1.165) is 6.92 Å². The van der Waals surface area contributed by atoms with E-state index >= 15 is 0 Å². The van der Waals surface area contributed by atoms with Crippen molar-refractivity contribution >= 4 is 11.7 Å². The van der Waals surface area contributed by atoms with E-state index in [-0.39, 0.29) is 6.61 Å². The van der Waals surface area contributed by atoms with Gasteiger partial charge in [-0.05, 0) is 13.8 Å². The van der Waals surface area contributed by atoms with Crippen LogP contribution in [0.15, 0.2) is 6.07 Å². The van der Waals surface area contributed by atoms with Crippen LogP contribution in [0.25, 0.3) is 0 Å². The number of nitro benzene ring substituents is 1. The molecule has 1 rings (SSSR count). The smallest absolute Gasteiger partial charge is 0.341 e. The number of nitro groups is 1. The summed E-state index contributed by atoms with van der Waals surface area (Å²) in [4.78, 5) is 20.8. The van der Waals surface area contributed by atoms with Crippen molar-refractivity contribution in [3.8, 4) is 0 Å². The molecule has 0 saturated heterocycles. The fraction of sp³-hybridized carbons (Fsp3) is 0.300. The maximum Gasteiger partial charge on any atom is 0.341 e. The van der Waals surface area contributed by atoms with E-state index in [0.29, 0.717) is 6.07 Å². The minimum atomic E-state index is -1.29. The van der Waals surface area contributed by atoms with Crippen LogP contribution in [0.2, 0.25) is 0 Å². The van der Waals surface area contributed by atoms with Gasteiger partial charge >= 0.3 is 11.7 Å². The summed E-state index contributed by atoms with van der Waals surface area (Å²) in [7, 11) is 0. The maximum atomic E-state index is 13.5. The number of hydrogen-bond acceptors (Lipinski definition) is 4. The van der Waals surface area contributed by atoms with Gasteiger partial charge in [-0.3, -0.25) is 10.1 Å². The molecule has 1 aromatic rings. The molecule has 0 bridgehead atoms. The van der Waals surface area contributed by atoms with Crippen LogP contribution in [0.1, 0.15) is 22.8 Å². The van der Waals surface area contributed by atoms with Crippen LogP contribution in [-0.2, 0) is 4.74 Å². The molecule has 0 fully saturated rings. The molecule has 92 valence electrons. The minimum absolute atomic E-state index is 0.0114. The van der Waals surface area contributed by atoms with E-state index in [1.165, 1.54) is 6.92 Å². The summed E-state index contributed by atoms with van der Waals surface area (Å²) in [6.45, 7) is 2.50. The Morgan fingerprint density at radius 2 is 2.06 bits per heavy atom. The molecule has 0 unspecified atom stereocenters. The lowest BCUT2D eigenvalue weighted by molar-refractivity contribution is -0.387. The second-order valence-corrected chi connectivity index (χ2v) is 3.17. The number of carbonyl (C=O) groups is 1. The number of halogens is 2. The third-order valence-electron chi connectivity index (χ3n) is 2.09. The predicted molar refractivity (Wildman–Crippen MR) is 53.7 cm³/mol. The average Bonchev–Trinajstić information content (AvgIpc) is 2.26. The number of carbonyl (C=O) groups excluding carboxylic acids is 1. The van der Waals surface area contributed by atoms with Crippen LogP contribution in [0.3, 0.4) is 0 Å². The molecule has 1 aromatic carbocycles. The molecule has 0 aliphatic heterocycles. The van der Waals surface area contributed by atoms with Gasteiger partial charge in [-0.25, -0.2) is 9.18 Å². The maximum absolute atomic E-state index is 13.5. The van der Waals surface area contributed by atoms with Crippen molar-refractivity contribution in [3.63, 3.8) is 0 Å². The van der Waals surface area contributed by atoms with Crippen LogP contribution < -0.4 is 0 Å². The summed E-state index contributed by atoms with van der Waals surface area (Å²) in [6, 6.07) is 0.537. The molecular formula is C10H9F2NO4. The Hall–Kier alpha value is -2.05. The average molecular weight is 245 g/mol. The first-order valence-electron chi connectivity index (χ1n) is 4.70. The minimum Gasteiger partial charge on any atom is -0.462 e. The fourth-order valence-electron chi connectivity index (χ4n) is 1.24. The van der Waals surface area contributed by atoms with E-state index in [4.69, 9.17) is 0 Å². The Morgan fingerprint density at radius 3 is 2.53 bits per heavy atom. The van der Waals surface area contributed by atoms with Crippen molar-refractivity contribution in [2.45, 2.75) is 13.8 Å². The molecule has 0 aromatic heterocycles. The number of ether oxygens (including phenoxy) is 1. The zero-order valence-electron chi connectivity index (χ0n) is 9.12. The van der Waals surface area contributed by atoms with E-state index in [9.17, 15) is 23.7 Å². The first-order valence-corrected chi connectivity index (χ1v) is 4.70. The van der Waals surface area contributed by atoms with Crippen LogP contribution in [0.4, 0.5) is 14.5 Å². The van der Waals surface area contributed by atoms with Crippen molar-refractivity contribution in [2.75, 3.05) is 6.61 Å².